The van der Waals surface area contributed by atoms with Gasteiger partial charge < -0.3 is 14.6 Å². The summed E-state index contributed by atoms with van der Waals surface area (Å²) in [5.41, 5.74) is 0.303. The monoisotopic (exact) mass is 478 g/mol. The van der Waals surface area contributed by atoms with Crippen molar-refractivity contribution in [1.82, 2.24) is 9.80 Å². The molecule has 10 heteroatoms. The zero-order valence-electron chi connectivity index (χ0n) is 18.6. The van der Waals surface area contributed by atoms with Gasteiger partial charge in [0.1, 0.15) is 11.4 Å². The summed E-state index contributed by atoms with van der Waals surface area (Å²) in [6.45, 7) is 2.47. The van der Waals surface area contributed by atoms with Crippen LogP contribution in [0, 0.1) is 0 Å². The van der Waals surface area contributed by atoms with E-state index >= 15 is 0 Å². The number of methoxy groups -OCH3 is 1. The van der Waals surface area contributed by atoms with Crippen molar-refractivity contribution in [3.63, 3.8) is 0 Å². The average Bonchev–Trinajstić information content (AvgIpc) is 3.09. The number of ether oxygens (including phenoxy) is 2. The van der Waals surface area contributed by atoms with Gasteiger partial charge in [0.25, 0.3) is 0 Å². The molecule has 0 atom stereocenters. The molecule has 34 heavy (non-hydrogen) atoms. The SMILES string of the molecule is COc1cc(C(=O)O)ccc1CN1CC2(CCN(Cc3ccc(C(F)(F)F)cc3)CC2)OC1=O. The molecular weight excluding hydrogens is 453 g/mol. The van der Waals surface area contributed by atoms with Crippen LogP contribution in [-0.4, -0.2) is 59.3 Å². The minimum absolute atomic E-state index is 0.0986. The summed E-state index contributed by atoms with van der Waals surface area (Å²) in [6, 6.07) is 9.70. The lowest BCUT2D eigenvalue weighted by molar-refractivity contribution is -0.137. The minimum atomic E-state index is -4.35. The largest absolute Gasteiger partial charge is 0.496 e. The van der Waals surface area contributed by atoms with Crippen molar-refractivity contribution in [3.8, 4) is 5.75 Å². The van der Waals surface area contributed by atoms with Gasteiger partial charge in [-0.25, -0.2) is 9.59 Å². The van der Waals surface area contributed by atoms with Crippen LogP contribution in [0.5, 0.6) is 5.75 Å². The Morgan fingerprint density at radius 3 is 2.38 bits per heavy atom. The summed E-state index contributed by atoms with van der Waals surface area (Å²) in [5, 5.41) is 9.16. The molecule has 0 aromatic heterocycles. The van der Waals surface area contributed by atoms with Crippen molar-refractivity contribution in [2.45, 2.75) is 37.7 Å². The third-order valence-corrected chi connectivity index (χ3v) is 6.39. The number of rotatable bonds is 6. The van der Waals surface area contributed by atoms with Gasteiger partial charge in [0.15, 0.2) is 0 Å². The first-order valence-corrected chi connectivity index (χ1v) is 10.9. The van der Waals surface area contributed by atoms with Gasteiger partial charge in [-0.2, -0.15) is 13.2 Å². The number of hydrogen-bond acceptors (Lipinski definition) is 5. The first-order valence-electron chi connectivity index (χ1n) is 10.9. The third kappa shape index (κ3) is 5.11. The van der Waals surface area contributed by atoms with E-state index in [0.29, 0.717) is 50.3 Å². The number of amides is 1. The molecule has 0 radical (unpaired) electrons. The van der Waals surface area contributed by atoms with Crippen molar-refractivity contribution in [3.05, 3.63) is 64.7 Å². The molecule has 2 aromatic carbocycles. The number of halogens is 3. The maximum absolute atomic E-state index is 12.8. The van der Waals surface area contributed by atoms with Crippen molar-refractivity contribution in [2.75, 3.05) is 26.7 Å². The van der Waals surface area contributed by atoms with E-state index in [0.717, 1.165) is 17.7 Å². The Morgan fingerprint density at radius 1 is 1.12 bits per heavy atom. The quantitative estimate of drug-likeness (QED) is 0.663. The fraction of sp³-hybridized carbons (Fsp3) is 0.417. The average molecular weight is 478 g/mol. The van der Waals surface area contributed by atoms with Crippen LogP contribution in [0.1, 0.15) is 39.9 Å². The third-order valence-electron chi connectivity index (χ3n) is 6.39. The smallest absolute Gasteiger partial charge is 0.416 e. The van der Waals surface area contributed by atoms with Crippen LogP contribution in [0.2, 0.25) is 0 Å². The minimum Gasteiger partial charge on any atom is -0.496 e. The van der Waals surface area contributed by atoms with Gasteiger partial charge in [0.05, 0.1) is 31.3 Å². The van der Waals surface area contributed by atoms with E-state index in [-0.39, 0.29) is 12.1 Å². The van der Waals surface area contributed by atoms with Gasteiger partial charge in [-0.1, -0.05) is 18.2 Å². The molecule has 7 nitrogen and oxygen atoms in total. The second-order valence-electron chi connectivity index (χ2n) is 8.71. The molecule has 1 amide bonds. The normalized spacial score (nSPS) is 18.2. The van der Waals surface area contributed by atoms with Gasteiger partial charge >= 0.3 is 18.2 Å². The molecule has 2 heterocycles. The number of nitrogens with zero attached hydrogens (tertiary/aromatic N) is 2. The van der Waals surface area contributed by atoms with Crippen molar-refractivity contribution < 1.29 is 37.3 Å². The summed E-state index contributed by atoms with van der Waals surface area (Å²) in [6.07, 6.45) is -3.55. The first-order chi connectivity index (χ1) is 16.1. The summed E-state index contributed by atoms with van der Waals surface area (Å²) < 4.78 is 49.3. The highest BCUT2D eigenvalue weighted by Crippen LogP contribution is 2.35. The number of hydrogen-bond donors (Lipinski definition) is 1. The number of likely N-dealkylation sites (tertiary alicyclic amines) is 1. The lowest BCUT2D eigenvalue weighted by Gasteiger charge is -2.37. The maximum atomic E-state index is 12.8. The molecule has 0 unspecified atom stereocenters. The highest BCUT2D eigenvalue weighted by molar-refractivity contribution is 5.88. The predicted octanol–water partition coefficient (Wildman–Crippen LogP) is 4.40. The van der Waals surface area contributed by atoms with Gasteiger partial charge in [-0.05, 0) is 29.8 Å². The highest BCUT2D eigenvalue weighted by Gasteiger charge is 2.47. The molecular formula is C24H25F3N2O5. The number of carbonyl (C=O) groups is 2. The molecule has 2 aromatic rings. The van der Waals surface area contributed by atoms with Crippen LogP contribution in [0.4, 0.5) is 18.0 Å². The molecule has 2 aliphatic heterocycles. The molecule has 0 saturated carbocycles. The van der Waals surface area contributed by atoms with Gasteiger partial charge in [0, 0.05) is 38.0 Å². The number of carboxylic acid groups (broad SMARTS) is 1. The van der Waals surface area contributed by atoms with E-state index in [1.54, 1.807) is 11.0 Å². The molecule has 1 spiro atoms. The fourth-order valence-corrected chi connectivity index (χ4v) is 4.46. The Kier molecular flexibility index (Phi) is 6.44. The number of benzene rings is 2. The summed E-state index contributed by atoms with van der Waals surface area (Å²) in [4.78, 5) is 27.5. The van der Waals surface area contributed by atoms with Crippen molar-refractivity contribution in [1.29, 1.82) is 0 Å². The zero-order chi connectivity index (χ0) is 24.5. The highest BCUT2D eigenvalue weighted by atomic mass is 19.4. The lowest BCUT2D eigenvalue weighted by Crippen LogP contribution is -2.46. The molecule has 182 valence electrons. The van der Waals surface area contributed by atoms with Crippen LogP contribution in [0.3, 0.4) is 0 Å². The van der Waals surface area contributed by atoms with E-state index in [4.69, 9.17) is 14.6 Å². The molecule has 2 fully saturated rings. The number of aromatic carboxylic acids is 1. The topological polar surface area (TPSA) is 79.3 Å². The van der Waals surface area contributed by atoms with E-state index in [1.807, 2.05) is 0 Å². The predicted molar refractivity (Wildman–Crippen MR) is 116 cm³/mol. The molecule has 4 rings (SSSR count). The standard InChI is InChI=1S/C24H25F3N2O5/c1-33-20-12-17(21(30)31)4-5-18(20)14-29-15-23(34-22(29)32)8-10-28(11-9-23)13-16-2-6-19(7-3-16)24(25,26)27/h2-7,12H,8-11,13-15H2,1H3,(H,30,31). The second kappa shape index (κ2) is 9.17. The van der Waals surface area contributed by atoms with E-state index in [1.165, 1.54) is 31.4 Å². The van der Waals surface area contributed by atoms with E-state index in [2.05, 4.69) is 4.90 Å². The second-order valence-corrected chi connectivity index (χ2v) is 8.71. The van der Waals surface area contributed by atoms with Crippen LogP contribution < -0.4 is 4.74 Å². The van der Waals surface area contributed by atoms with E-state index in [9.17, 15) is 22.8 Å². The summed E-state index contributed by atoms with van der Waals surface area (Å²) >= 11 is 0. The molecule has 0 bridgehead atoms. The number of alkyl halides is 3. The Hall–Kier alpha value is -3.27. The fourth-order valence-electron chi connectivity index (χ4n) is 4.46. The molecule has 0 aliphatic carbocycles. The first kappa shape index (κ1) is 23.9. The van der Waals surface area contributed by atoms with Gasteiger partial charge in [-0.15, -0.1) is 0 Å². The number of piperidine rings is 1. The maximum Gasteiger partial charge on any atom is 0.416 e. The lowest BCUT2D eigenvalue weighted by atomic mass is 9.91. The molecule has 2 saturated heterocycles. The van der Waals surface area contributed by atoms with Crippen LogP contribution in [-0.2, 0) is 24.0 Å². The number of carbonyl (C=O) groups excluding carboxylic acids is 1. The Labute approximate surface area is 194 Å². The molecule has 2 aliphatic rings. The summed E-state index contributed by atoms with van der Waals surface area (Å²) in [5.74, 6) is -0.674. The number of carboxylic acids is 1. The Balaban J connectivity index is 1.35. The van der Waals surface area contributed by atoms with Gasteiger partial charge in [-0.3, -0.25) is 9.80 Å². The summed E-state index contributed by atoms with van der Waals surface area (Å²) in [7, 11) is 1.45. The van der Waals surface area contributed by atoms with Crippen LogP contribution >= 0.6 is 0 Å². The zero-order valence-corrected chi connectivity index (χ0v) is 18.6. The Bertz CT molecular complexity index is 1060. The molecule has 1 N–H and O–H groups in total. The Morgan fingerprint density at radius 2 is 1.79 bits per heavy atom. The van der Waals surface area contributed by atoms with Gasteiger partial charge in [0.2, 0.25) is 0 Å². The van der Waals surface area contributed by atoms with Crippen molar-refractivity contribution >= 4 is 12.1 Å². The van der Waals surface area contributed by atoms with E-state index < -0.39 is 29.4 Å². The van der Waals surface area contributed by atoms with Crippen LogP contribution in [0.25, 0.3) is 0 Å². The van der Waals surface area contributed by atoms with Crippen LogP contribution in [0.15, 0.2) is 42.5 Å². The van der Waals surface area contributed by atoms with Crippen molar-refractivity contribution in [2.24, 2.45) is 0 Å².